The van der Waals surface area contributed by atoms with E-state index in [2.05, 4.69) is 31.0 Å². The van der Waals surface area contributed by atoms with Crippen LogP contribution in [0.5, 0.6) is 0 Å². The number of carbonyl (C=O) groups excluding carboxylic acids is 1. The van der Waals surface area contributed by atoms with Crippen molar-refractivity contribution < 1.29 is 13.9 Å². The number of hydrogen-bond donors (Lipinski definition) is 1. The quantitative estimate of drug-likeness (QED) is 0.719. The van der Waals surface area contributed by atoms with Crippen LogP contribution in [-0.4, -0.2) is 68.7 Å². The summed E-state index contributed by atoms with van der Waals surface area (Å²) >= 11 is 3.41. The standard InChI is InChI=1S/C16H23BrFN3O2/c1-23-9-4-19-16(22)12-21-7-5-20(6-8-21)11-13-2-3-14(18)10-15(13)17/h2-3,10H,4-9,11-12H2,1H3,(H,19,22). The van der Waals surface area contributed by atoms with E-state index in [1.165, 1.54) is 12.1 Å². The van der Waals surface area contributed by atoms with Gasteiger partial charge in [-0.2, -0.15) is 0 Å². The highest BCUT2D eigenvalue weighted by atomic mass is 79.9. The summed E-state index contributed by atoms with van der Waals surface area (Å²) in [6.45, 7) is 5.81. The SMILES string of the molecule is COCCNC(=O)CN1CCN(Cc2ccc(F)cc2Br)CC1. The van der Waals surface area contributed by atoms with Gasteiger partial charge in [0, 0.05) is 50.9 Å². The molecule has 0 radical (unpaired) electrons. The molecule has 1 fully saturated rings. The van der Waals surface area contributed by atoms with Gasteiger partial charge in [0.1, 0.15) is 5.82 Å². The largest absolute Gasteiger partial charge is 0.383 e. The summed E-state index contributed by atoms with van der Waals surface area (Å²) in [7, 11) is 1.62. The number of methoxy groups -OCH3 is 1. The van der Waals surface area contributed by atoms with Gasteiger partial charge in [0.2, 0.25) is 5.91 Å². The number of nitrogens with zero attached hydrogens (tertiary/aromatic N) is 2. The predicted octanol–water partition coefficient (Wildman–Crippen LogP) is 1.47. The highest BCUT2D eigenvalue weighted by Gasteiger charge is 2.19. The topological polar surface area (TPSA) is 44.8 Å². The lowest BCUT2D eigenvalue weighted by Crippen LogP contribution is -2.49. The number of halogens is 2. The van der Waals surface area contributed by atoms with Crippen LogP contribution in [0.2, 0.25) is 0 Å². The molecule has 0 spiro atoms. The number of amides is 1. The van der Waals surface area contributed by atoms with E-state index in [0.717, 1.165) is 42.8 Å². The lowest BCUT2D eigenvalue weighted by atomic mass is 10.2. The van der Waals surface area contributed by atoms with E-state index in [-0.39, 0.29) is 11.7 Å². The van der Waals surface area contributed by atoms with E-state index in [4.69, 9.17) is 4.74 Å². The fraction of sp³-hybridized carbons (Fsp3) is 0.562. The van der Waals surface area contributed by atoms with Crippen LogP contribution in [0.4, 0.5) is 4.39 Å². The van der Waals surface area contributed by atoms with E-state index >= 15 is 0 Å². The fourth-order valence-electron chi connectivity index (χ4n) is 2.55. The molecule has 0 atom stereocenters. The molecule has 1 heterocycles. The Hall–Kier alpha value is -1.02. The molecule has 0 saturated carbocycles. The summed E-state index contributed by atoms with van der Waals surface area (Å²) in [5.74, 6) is -0.193. The van der Waals surface area contributed by atoms with Crippen molar-refractivity contribution in [1.82, 2.24) is 15.1 Å². The van der Waals surface area contributed by atoms with E-state index in [1.54, 1.807) is 7.11 Å². The molecule has 0 unspecified atom stereocenters. The van der Waals surface area contributed by atoms with Gasteiger partial charge in [-0.1, -0.05) is 22.0 Å². The lowest BCUT2D eigenvalue weighted by molar-refractivity contribution is -0.122. The highest BCUT2D eigenvalue weighted by molar-refractivity contribution is 9.10. The molecule has 128 valence electrons. The van der Waals surface area contributed by atoms with Gasteiger partial charge in [0.05, 0.1) is 13.2 Å². The van der Waals surface area contributed by atoms with E-state index in [0.29, 0.717) is 19.7 Å². The number of rotatable bonds is 7. The summed E-state index contributed by atoms with van der Waals surface area (Å²) < 4.78 is 18.8. The van der Waals surface area contributed by atoms with Crippen molar-refractivity contribution in [2.45, 2.75) is 6.54 Å². The Balaban J connectivity index is 1.72. The first-order valence-corrected chi connectivity index (χ1v) is 8.52. The molecular formula is C16H23BrFN3O2. The zero-order chi connectivity index (χ0) is 16.7. The minimum absolute atomic E-state index is 0.0387. The van der Waals surface area contributed by atoms with Crippen LogP contribution in [0.1, 0.15) is 5.56 Å². The van der Waals surface area contributed by atoms with Gasteiger partial charge in [-0.25, -0.2) is 4.39 Å². The van der Waals surface area contributed by atoms with Gasteiger partial charge in [-0.15, -0.1) is 0 Å². The third kappa shape index (κ3) is 6.18. The van der Waals surface area contributed by atoms with Crippen LogP contribution in [0, 0.1) is 5.82 Å². The first-order chi connectivity index (χ1) is 11.1. The van der Waals surface area contributed by atoms with E-state index < -0.39 is 0 Å². The smallest absolute Gasteiger partial charge is 0.234 e. The van der Waals surface area contributed by atoms with Crippen molar-refractivity contribution in [3.05, 3.63) is 34.1 Å². The summed E-state index contributed by atoms with van der Waals surface area (Å²) in [5, 5.41) is 2.83. The maximum absolute atomic E-state index is 13.1. The second kappa shape index (κ2) is 9.32. The molecule has 1 amide bonds. The minimum atomic E-state index is -0.232. The third-order valence-corrected chi connectivity index (χ3v) is 4.61. The van der Waals surface area contributed by atoms with Crippen LogP contribution in [0.25, 0.3) is 0 Å². The van der Waals surface area contributed by atoms with E-state index in [9.17, 15) is 9.18 Å². The molecule has 1 aromatic rings. The molecule has 1 aliphatic heterocycles. The molecule has 0 aliphatic carbocycles. The van der Waals surface area contributed by atoms with Crippen molar-refractivity contribution >= 4 is 21.8 Å². The molecule has 0 aromatic heterocycles. The van der Waals surface area contributed by atoms with Crippen molar-refractivity contribution in [2.75, 3.05) is 53.0 Å². The summed E-state index contributed by atoms with van der Waals surface area (Å²) in [4.78, 5) is 16.2. The summed E-state index contributed by atoms with van der Waals surface area (Å²) in [6.07, 6.45) is 0. The maximum atomic E-state index is 13.1. The molecule has 1 N–H and O–H groups in total. The number of hydrogen-bond acceptors (Lipinski definition) is 4. The fourth-order valence-corrected chi connectivity index (χ4v) is 3.02. The molecular weight excluding hydrogens is 365 g/mol. The molecule has 2 rings (SSSR count). The number of carbonyl (C=O) groups is 1. The van der Waals surface area contributed by atoms with Crippen molar-refractivity contribution in [3.8, 4) is 0 Å². The van der Waals surface area contributed by atoms with Crippen LogP contribution in [0.3, 0.4) is 0 Å². The second-order valence-corrected chi connectivity index (χ2v) is 6.49. The van der Waals surface area contributed by atoms with Gasteiger partial charge in [0.25, 0.3) is 0 Å². The Kier molecular flexibility index (Phi) is 7.42. The zero-order valence-electron chi connectivity index (χ0n) is 13.4. The Bertz CT molecular complexity index is 522. The maximum Gasteiger partial charge on any atom is 0.234 e. The van der Waals surface area contributed by atoms with Crippen molar-refractivity contribution in [2.24, 2.45) is 0 Å². The number of nitrogens with one attached hydrogen (secondary N) is 1. The summed E-state index contributed by atoms with van der Waals surface area (Å²) in [6, 6.07) is 4.80. The van der Waals surface area contributed by atoms with Gasteiger partial charge in [0.15, 0.2) is 0 Å². The molecule has 23 heavy (non-hydrogen) atoms. The van der Waals surface area contributed by atoms with Crippen molar-refractivity contribution in [3.63, 3.8) is 0 Å². The molecule has 5 nitrogen and oxygen atoms in total. The molecule has 1 aromatic carbocycles. The second-order valence-electron chi connectivity index (χ2n) is 5.63. The molecule has 7 heteroatoms. The normalized spacial score (nSPS) is 16.5. The number of benzene rings is 1. The van der Waals surface area contributed by atoms with Gasteiger partial charge in [-0.3, -0.25) is 14.6 Å². The van der Waals surface area contributed by atoms with Gasteiger partial charge in [-0.05, 0) is 17.7 Å². The van der Waals surface area contributed by atoms with Crippen LogP contribution in [-0.2, 0) is 16.1 Å². The van der Waals surface area contributed by atoms with E-state index in [1.807, 2.05) is 6.07 Å². The Morgan fingerprint density at radius 2 is 2.00 bits per heavy atom. The van der Waals surface area contributed by atoms with Gasteiger partial charge >= 0.3 is 0 Å². The Labute approximate surface area is 144 Å². The average Bonchev–Trinajstić information content (AvgIpc) is 2.52. The zero-order valence-corrected chi connectivity index (χ0v) is 14.9. The Morgan fingerprint density at radius 3 is 2.65 bits per heavy atom. The predicted molar refractivity (Wildman–Crippen MR) is 90.7 cm³/mol. The average molecular weight is 388 g/mol. The first kappa shape index (κ1) is 18.3. The lowest BCUT2D eigenvalue weighted by Gasteiger charge is -2.34. The molecule has 0 bridgehead atoms. The first-order valence-electron chi connectivity index (χ1n) is 7.73. The van der Waals surface area contributed by atoms with Crippen molar-refractivity contribution in [1.29, 1.82) is 0 Å². The third-order valence-electron chi connectivity index (χ3n) is 3.87. The molecule has 1 saturated heterocycles. The molecule has 1 aliphatic rings. The van der Waals surface area contributed by atoms with Crippen LogP contribution >= 0.6 is 15.9 Å². The number of ether oxygens (including phenoxy) is 1. The highest BCUT2D eigenvalue weighted by Crippen LogP contribution is 2.20. The van der Waals surface area contributed by atoms with Gasteiger partial charge < -0.3 is 10.1 Å². The Morgan fingerprint density at radius 1 is 1.30 bits per heavy atom. The minimum Gasteiger partial charge on any atom is -0.383 e. The van der Waals surface area contributed by atoms with Crippen LogP contribution < -0.4 is 5.32 Å². The summed E-state index contributed by atoms with van der Waals surface area (Å²) in [5.41, 5.74) is 1.08. The number of piperazine rings is 1. The monoisotopic (exact) mass is 387 g/mol. The van der Waals surface area contributed by atoms with Crippen LogP contribution in [0.15, 0.2) is 22.7 Å².